The van der Waals surface area contributed by atoms with E-state index in [0.717, 1.165) is 59.3 Å². The number of rotatable bonds is 12. The van der Waals surface area contributed by atoms with Gasteiger partial charge in [-0.1, -0.05) is 59.6 Å². The lowest BCUT2D eigenvalue weighted by Gasteiger charge is -2.24. The SMILES string of the molecule is C=C1C=C(Oc2ccc(Nc3ncnc4cc5c(nc34)N(CCCCC)CC(C)CO5)cc2C)C=CN1/N=C\C.CC(=O)/C=C/C(C)N(C)C.CCC. The molecule has 2 aliphatic heterocycles. The van der Waals surface area contributed by atoms with Crippen LogP contribution in [0.25, 0.3) is 11.0 Å². The first-order valence-corrected chi connectivity index (χ1v) is 18.7. The molecule has 0 aliphatic carbocycles. The molecule has 11 nitrogen and oxygen atoms in total. The number of hydrazone groups is 1. The number of aromatic nitrogens is 3. The molecule has 2 atom stereocenters. The summed E-state index contributed by atoms with van der Waals surface area (Å²) in [4.78, 5) is 29.0. The van der Waals surface area contributed by atoms with Crippen LogP contribution in [-0.2, 0) is 4.79 Å². The van der Waals surface area contributed by atoms with E-state index in [1.807, 2.05) is 88.5 Å². The van der Waals surface area contributed by atoms with Gasteiger partial charge in [0.2, 0.25) is 0 Å². The Labute approximate surface area is 317 Å². The maximum absolute atomic E-state index is 10.5. The molecule has 53 heavy (non-hydrogen) atoms. The Morgan fingerprint density at radius 1 is 1.21 bits per heavy atom. The lowest BCUT2D eigenvalue weighted by molar-refractivity contribution is -0.112. The number of nitrogens with one attached hydrogen (secondary N) is 1. The number of nitrogens with zero attached hydrogens (tertiary/aromatic N) is 7. The molecule has 11 heteroatoms. The third-order valence-corrected chi connectivity index (χ3v) is 8.26. The molecule has 2 aliphatic rings. The molecule has 0 spiro atoms. The Hall–Kier alpha value is -5.03. The molecular weight excluding hydrogens is 665 g/mol. The molecule has 0 saturated heterocycles. The average Bonchev–Trinajstić information content (AvgIpc) is 3.27. The van der Waals surface area contributed by atoms with Gasteiger partial charge >= 0.3 is 0 Å². The fourth-order valence-electron chi connectivity index (χ4n) is 5.25. The fourth-order valence-corrected chi connectivity index (χ4v) is 5.25. The van der Waals surface area contributed by atoms with Gasteiger partial charge in [0.05, 0.1) is 17.8 Å². The molecule has 5 rings (SSSR count). The van der Waals surface area contributed by atoms with Crippen LogP contribution >= 0.6 is 0 Å². The van der Waals surface area contributed by atoms with Crippen molar-refractivity contribution in [2.45, 2.75) is 87.1 Å². The van der Waals surface area contributed by atoms with E-state index in [4.69, 9.17) is 14.5 Å². The van der Waals surface area contributed by atoms with Crippen LogP contribution in [0, 0.1) is 12.8 Å². The lowest BCUT2D eigenvalue weighted by Crippen LogP contribution is -2.30. The lowest BCUT2D eigenvalue weighted by atomic mass is 10.1. The molecule has 0 bridgehead atoms. The number of hydrogen-bond acceptors (Lipinski definition) is 11. The zero-order valence-corrected chi connectivity index (χ0v) is 33.5. The molecule has 1 N–H and O–H groups in total. The number of carbonyl (C=O) groups excluding carboxylic acids is 1. The number of ether oxygens (including phenoxy) is 2. The molecule has 0 fully saturated rings. The smallest absolute Gasteiger partial charge is 0.172 e. The highest BCUT2D eigenvalue weighted by molar-refractivity contribution is 5.90. The van der Waals surface area contributed by atoms with Crippen LogP contribution in [-0.4, -0.2) is 76.7 Å². The first-order chi connectivity index (χ1) is 25.4. The van der Waals surface area contributed by atoms with Crippen molar-refractivity contribution in [3.05, 3.63) is 84.7 Å². The molecule has 2 unspecified atom stereocenters. The van der Waals surface area contributed by atoms with E-state index in [9.17, 15) is 4.79 Å². The Balaban J connectivity index is 0.000000500. The largest absolute Gasteiger partial charge is 0.489 e. The summed E-state index contributed by atoms with van der Waals surface area (Å²) in [6.07, 6.45) is 17.1. The first-order valence-electron chi connectivity index (χ1n) is 18.7. The maximum Gasteiger partial charge on any atom is 0.172 e. The van der Waals surface area contributed by atoms with Crippen LogP contribution in [0.1, 0.15) is 79.7 Å². The molecule has 2 aromatic heterocycles. The summed E-state index contributed by atoms with van der Waals surface area (Å²) in [5, 5.41) is 9.38. The minimum atomic E-state index is 0.105. The third kappa shape index (κ3) is 13.2. The van der Waals surface area contributed by atoms with Gasteiger partial charge in [0.15, 0.2) is 23.2 Å². The number of benzene rings is 1. The molecular formula is C42H60N8O3. The van der Waals surface area contributed by atoms with Gasteiger partial charge in [-0.15, -0.1) is 0 Å². The molecule has 286 valence electrons. The van der Waals surface area contributed by atoms with Gasteiger partial charge < -0.3 is 24.6 Å². The van der Waals surface area contributed by atoms with Gasteiger partial charge in [-0.3, -0.25) is 4.79 Å². The normalized spacial score (nSPS) is 15.9. The summed E-state index contributed by atoms with van der Waals surface area (Å²) < 4.78 is 12.3. The zero-order chi connectivity index (χ0) is 38.9. The number of pyridine rings is 1. The Kier molecular flexibility index (Phi) is 17.2. The predicted molar refractivity (Wildman–Crippen MR) is 220 cm³/mol. The number of likely N-dealkylation sites (N-methyl/N-ethyl adjacent to an activating group) is 1. The van der Waals surface area contributed by atoms with Crippen molar-refractivity contribution in [2.24, 2.45) is 11.0 Å². The molecule has 0 saturated carbocycles. The van der Waals surface area contributed by atoms with E-state index in [0.29, 0.717) is 35.7 Å². The van der Waals surface area contributed by atoms with Gasteiger partial charge in [-0.2, -0.15) is 5.10 Å². The van der Waals surface area contributed by atoms with Crippen LogP contribution in [0.5, 0.6) is 11.5 Å². The number of anilines is 3. The topological polar surface area (TPSA) is 108 Å². The summed E-state index contributed by atoms with van der Waals surface area (Å²) in [5.74, 6) is 4.27. The fraction of sp³-hybridized carbons (Fsp3) is 0.452. The summed E-state index contributed by atoms with van der Waals surface area (Å²) in [6, 6.07) is 8.27. The van der Waals surface area contributed by atoms with Crippen LogP contribution in [0.4, 0.5) is 17.3 Å². The monoisotopic (exact) mass is 724 g/mol. The molecule has 0 radical (unpaired) electrons. The molecule has 0 amide bonds. The minimum Gasteiger partial charge on any atom is -0.489 e. The zero-order valence-electron chi connectivity index (χ0n) is 33.5. The number of ketones is 1. The highest BCUT2D eigenvalue weighted by Gasteiger charge is 2.24. The second-order valence-electron chi connectivity index (χ2n) is 13.6. The summed E-state index contributed by atoms with van der Waals surface area (Å²) >= 11 is 0. The average molecular weight is 725 g/mol. The second-order valence-corrected chi connectivity index (χ2v) is 13.6. The van der Waals surface area contributed by atoms with Gasteiger partial charge in [0.1, 0.15) is 23.4 Å². The van der Waals surface area contributed by atoms with Crippen molar-refractivity contribution >= 4 is 40.4 Å². The number of unbranched alkanes of at least 4 members (excludes halogenated alkanes) is 2. The molecule has 4 heterocycles. The van der Waals surface area contributed by atoms with Gasteiger partial charge in [0.25, 0.3) is 0 Å². The second kappa shape index (κ2) is 21.5. The Morgan fingerprint density at radius 2 is 1.96 bits per heavy atom. The number of carbonyl (C=O) groups is 1. The first kappa shape index (κ1) is 42.4. The summed E-state index contributed by atoms with van der Waals surface area (Å²) in [5.41, 5.74) is 4.05. The van der Waals surface area contributed by atoms with Crippen LogP contribution in [0.15, 0.2) is 84.2 Å². The van der Waals surface area contributed by atoms with E-state index in [-0.39, 0.29) is 5.78 Å². The van der Waals surface area contributed by atoms with Crippen molar-refractivity contribution in [3.8, 4) is 11.5 Å². The van der Waals surface area contributed by atoms with E-state index in [2.05, 4.69) is 59.6 Å². The predicted octanol–water partition coefficient (Wildman–Crippen LogP) is 9.21. The van der Waals surface area contributed by atoms with Crippen molar-refractivity contribution in [2.75, 3.05) is 44.0 Å². The van der Waals surface area contributed by atoms with Crippen molar-refractivity contribution in [1.29, 1.82) is 0 Å². The summed E-state index contributed by atoms with van der Waals surface area (Å²) in [6.45, 7) is 22.7. The number of aryl methyl sites for hydroxylation is 1. The van der Waals surface area contributed by atoms with E-state index < -0.39 is 0 Å². The van der Waals surface area contributed by atoms with E-state index in [1.165, 1.54) is 19.3 Å². The highest BCUT2D eigenvalue weighted by atomic mass is 16.5. The number of allylic oxidation sites excluding steroid dienone is 3. The Morgan fingerprint density at radius 3 is 2.60 bits per heavy atom. The van der Waals surface area contributed by atoms with Gasteiger partial charge in [-0.05, 0) is 84.1 Å². The quantitative estimate of drug-likeness (QED) is 0.110. The number of fused-ring (bicyclic) bond motifs is 2. The van der Waals surface area contributed by atoms with Crippen molar-refractivity contribution in [3.63, 3.8) is 0 Å². The van der Waals surface area contributed by atoms with Crippen molar-refractivity contribution < 1.29 is 14.3 Å². The van der Waals surface area contributed by atoms with Gasteiger partial charge in [-0.25, -0.2) is 20.0 Å². The Bertz CT molecular complexity index is 1780. The standard InChI is InChI=1S/C31H37N7O2.C8H15NO.C3H8/c1-6-8-9-13-37-18-21(3)19-39-28-17-26-29(36-31(28)37)30(33-20-32-26)35-24-10-11-27(22(4)15-24)40-25-12-14-38(34-7-2)23(5)16-25;1-7(9(3)4)5-6-8(2)10;1-3-2/h7,10-12,14-17,20-21H,5-6,8-9,13,18-19H2,1-4H3,(H,32,33,35);5-7H,1-4H3;3H2,1-2H3/b34-7-;6-5+;. The third-order valence-electron chi connectivity index (χ3n) is 8.26. The van der Waals surface area contributed by atoms with Crippen LogP contribution in [0.2, 0.25) is 0 Å². The van der Waals surface area contributed by atoms with Crippen LogP contribution in [0.3, 0.4) is 0 Å². The van der Waals surface area contributed by atoms with Gasteiger partial charge in [0, 0.05) is 55.3 Å². The number of hydrogen-bond donors (Lipinski definition) is 1. The van der Waals surface area contributed by atoms with E-state index >= 15 is 0 Å². The molecule has 3 aromatic rings. The highest BCUT2D eigenvalue weighted by Crippen LogP contribution is 2.35. The van der Waals surface area contributed by atoms with Crippen molar-refractivity contribution in [1.82, 2.24) is 24.9 Å². The summed E-state index contributed by atoms with van der Waals surface area (Å²) in [7, 11) is 3.96. The minimum absolute atomic E-state index is 0.105. The van der Waals surface area contributed by atoms with E-state index in [1.54, 1.807) is 30.6 Å². The maximum atomic E-state index is 10.5. The molecule has 1 aromatic carbocycles. The van der Waals surface area contributed by atoms with Crippen LogP contribution < -0.4 is 19.7 Å².